The van der Waals surface area contributed by atoms with Gasteiger partial charge in [-0.15, -0.1) is 0 Å². The first-order valence-corrected chi connectivity index (χ1v) is 7.28. The van der Waals surface area contributed by atoms with Crippen LogP contribution in [0.15, 0.2) is 36.5 Å². The van der Waals surface area contributed by atoms with Crippen LogP contribution in [0, 0.1) is 0 Å². The number of fused-ring (bicyclic) bond motifs is 1. The van der Waals surface area contributed by atoms with Gasteiger partial charge in [-0.3, -0.25) is 0 Å². The molecule has 1 aromatic heterocycles. The van der Waals surface area contributed by atoms with Gasteiger partial charge in [-0.2, -0.15) is 0 Å². The molecule has 3 N–H and O–H groups in total. The molecule has 1 aliphatic carbocycles. The minimum atomic E-state index is -0.395. The van der Waals surface area contributed by atoms with Crippen molar-refractivity contribution < 1.29 is 9.53 Å². The Hall–Kier alpha value is -2.63. The SMILES string of the molecule is Nc1ncc2c(n1)CCC(NC(=O)OCc1ccccc1)C2. The molecule has 0 saturated heterocycles. The van der Waals surface area contributed by atoms with E-state index in [1.807, 2.05) is 30.3 Å². The van der Waals surface area contributed by atoms with Crippen LogP contribution in [0.5, 0.6) is 0 Å². The smallest absolute Gasteiger partial charge is 0.407 e. The van der Waals surface area contributed by atoms with E-state index in [0.29, 0.717) is 12.4 Å². The third kappa shape index (κ3) is 3.52. The van der Waals surface area contributed by atoms with Crippen molar-refractivity contribution in [1.82, 2.24) is 15.3 Å². The first-order valence-electron chi connectivity index (χ1n) is 7.28. The number of aryl methyl sites for hydroxylation is 1. The zero-order valence-corrected chi connectivity index (χ0v) is 12.2. The van der Waals surface area contributed by atoms with Gasteiger partial charge < -0.3 is 15.8 Å². The van der Waals surface area contributed by atoms with Crippen molar-refractivity contribution in [1.29, 1.82) is 0 Å². The number of aromatic nitrogens is 2. The lowest BCUT2D eigenvalue weighted by Gasteiger charge is -2.24. The molecule has 1 amide bonds. The van der Waals surface area contributed by atoms with E-state index in [0.717, 1.165) is 29.7 Å². The molecule has 3 rings (SSSR count). The monoisotopic (exact) mass is 298 g/mol. The molecular weight excluding hydrogens is 280 g/mol. The van der Waals surface area contributed by atoms with Gasteiger partial charge in [0, 0.05) is 17.9 Å². The molecule has 6 nitrogen and oxygen atoms in total. The van der Waals surface area contributed by atoms with E-state index in [1.54, 1.807) is 6.20 Å². The first kappa shape index (κ1) is 14.3. The van der Waals surface area contributed by atoms with E-state index in [1.165, 1.54) is 0 Å². The fraction of sp³-hybridized carbons (Fsp3) is 0.312. The molecule has 0 fully saturated rings. The zero-order chi connectivity index (χ0) is 15.4. The van der Waals surface area contributed by atoms with Crippen molar-refractivity contribution in [2.45, 2.75) is 31.9 Å². The number of alkyl carbamates (subject to hydrolysis) is 1. The largest absolute Gasteiger partial charge is 0.445 e. The number of anilines is 1. The molecule has 0 saturated carbocycles. The van der Waals surface area contributed by atoms with E-state index in [4.69, 9.17) is 10.5 Å². The summed E-state index contributed by atoms with van der Waals surface area (Å²) in [6.45, 7) is 0.273. The van der Waals surface area contributed by atoms with Crippen LogP contribution in [0.25, 0.3) is 0 Å². The van der Waals surface area contributed by atoms with Crippen molar-refractivity contribution in [3.8, 4) is 0 Å². The quantitative estimate of drug-likeness (QED) is 0.902. The van der Waals surface area contributed by atoms with Crippen molar-refractivity contribution in [2.24, 2.45) is 0 Å². The van der Waals surface area contributed by atoms with Crippen LogP contribution in [-0.2, 0) is 24.2 Å². The molecule has 6 heteroatoms. The second-order valence-electron chi connectivity index (χ2n) is 5.35. The van der Waals surface area contributed by atoms with Crippen LogP contribution in [0.2, 0.25) is 0 Å². The zero-order valence-electron chi connectivity index (χ0n) is 12.2. The third-order valence-corrected chi connectivity index (χ3v) is 3.70. The van der Waals surface area contributed by atoms with Crippen LogP contribution in [0.3, 0.4) is 0 Å². The summed E-state index contributed by atoms with van der Waals surface area (Å²) in [6, 6.07) is 9.65. The summed E-state index contributed by atoms with van der Waals surface area (Å²) in [5.74, 6) is 0.299. The Labute approximate surface area is 128 Å². The maximum Gasteiger partial charge on any atom is 0.407 e. The number of ether oxygens (including phenoxy) is 1. The predicted octanol–water partition coefficient (Wildman–Crippen LogP) is 1.84. The Bertz CT molecular complexity index is 660. The Morgan fingerprint density at radius 2 is 2.18 bits per heavy atom. The molecule has 0 radical (unpaired) electrons. The van der Waals surface area contributed by atoms with Crippen molar-refractivity contribution >= 4 is 12.0 Å². The molecule has 1 aromatic carbocycles. The average Bonchev–Trinajstić information content (AvgIpc) is 2.54. The Morgan fingerprint density at radius 1 is 1.36 bits per heavy atom. The number of hydrogen-bond acceptors (Lipinski definition) is 5. The molecule has 0 aliphatic heterocycles. The highest BCUT2D eigenvalue weighted by molar-refractivity contribution is 5.67. The molecule has 0 spiro atoms. The van der Waals surface area contributed by atoms with Crippen LogP contribution in [-0.4, -0.2) is 22.1 Å². The first-order chi connectivity index (χ1) is 10.7. The fourth-order valence-corrected chi connectivity index (χ4v) is 2.58. The summed E-state index contributed by atoms with van der Waals surface area (Å²) in [5, 5.41) is 2.90. The van der Waals surface area contributed by atoms with Gasteiger partial charge in [0.25, 0.3) is 0 Å². The maximum atomic E-state index is 11.9. The highest BCUT2D eigenvalue weighted by atomic mass is 16.5. The van der Waals surface area contributed by atoms with Gasteiger partial charge in [0.05, 0.1) is 0 Å². The molecule has 1 heterocycles. The van der Waals surface area contributed by atoms with Crippen molar-refractivity contribution in [2.75, 3.05) is 5.73 Å². The molecule has 1 aliphatic rings. The van der Waals surface area contributed by atoms with Crippen LogP contribution < -0.4 is 11.1 Å². The number of nitrogen functional groups attached to an aromatic ring is 1. The number of nitrogens with two attached hydrogens (primary N) is 1. The Morgan fingerprint density at radius 3 is 3.00 bits per heavy atom. The number of nitrogens with zero attached hydrogens (tertiary/aromatic N) is 2. The highest BCUT2D eigenvalue weighted by Gasteiger charge is 2.22. The Kier molecular flexibility index (Phi) is 4.18. The summed E-state index contributed by atoms with van der Waals surface area (Å²) >= 11 is 0. The van der Waals surface area contributed by atoms with Gasteiger partial charge in [-0.05, 0) is 30.4 Å². The number of nitrogens with one attached hydrogen (secondary N) is 1. The molecule has 1 atom stereocenters. The summed E-state index contributed by atoms with van der Waals surface area (Å²) < 4.78 is 5.24. The second kappa shape index (κ2) is 6.43. The molecule has 0 bridgehead atoms. The molecule has 22 heavy (non-hydrogen) atoms. The fourth-order valence-electron chi connectivity index (χ4n) is 2.58. The van der Waals surface area contributed by atoms with Crippen molar-refractivity contribution in [3.05, 3.63) is 53.3 Å². The summed E-state index contributed by atoms with van der Waals surface area (Å²) in [4.78, 5) is 20.1. The van der Waals surface area contributed by atoms with E-state index in [9.17, 15) is 4.79 Å². The topological polar surface area (TPSA) is 90.1 Å². The lowest BCUT2D eigenvalue weighted by molar-refractivity contribution is 0.134. The van der Waals surface area contributed by atoms with Gasteiger partial charge >= 0.3 is 6.09 Å². The van der Waals surface area contributed by atoms with Gasteiger partial charge in [0.1, 0.15) is 6.61 Å². The highest BCUT2D eigenvalue weighted by Crippen LogP contribution is 2.19. The third-order valence-electron chi connectivity index (χ3n) is 3.70. The predicted molar refractivity (Wildman–Crippen MR) is 82.0 cm³/mol. The summed E-state index contributed by atoms with van der Waals surface area (Å²) in [6.07, 6.45) is 3.65. The lowest BCUT2D eigenvalue weighted by Crippen LogP contribution is -2.39. The van der Waals surface area contributed by atoms with E-state index in [-0.39, 0.29) is 12.6 Å². The number of rotatable bonds is 3. The number of carbonyl (C=O) groups is 1. The average molecular weight is 298 g/mol. The number of benzene rings is 1. The van der Waals surface area contributed by atoms with Crippen LogP contribution >= 0.6 is 0 Å². The summed E-state index contributed by atoms with van der Waals surface area (Å²) in [5.41, 5.74) is 8.56. The van der Waals surface area contributed by atoms with Gasteiger partial charge in [0.15, 0.2) is 0 Å². The number of amides is 1. The van der Waals surface area contributed by atoms with E-state index >= 15 is 0 Å². The minimum absolute atomic E-state index is 0.0444. The molecule has 1 unspecified atom stereocenters. The van der Waals surface area contributed by atoms with Crippen LogP contribution in [0.1, 0.15) is 23.2 Å². The van der Waals surface area contributed by atoms with Gasteiger partial charge in [-0.25, -0.2) is 14.8 Å². The second-order valence-corrected chi connectivity index (χ2v) is 5.35. The van der Waals surface area contributed by atoms with E-state index < -0.39 is 6.09 Å². The minimum Gasteiger partial charge on any atom is -0.445 e. The van der Waals surface area contributed by atoms with Gasteiger partial charge in [-0.1, -0.05) is 30.3 Å². The van der Waals surface area contributed by atoms with E-state index in [2.05, 4.69) is 15.3 Å². The van der Waals surface area contributed by atoms with Crippen LogP contribution in [0.4, 0.5) is 10.7 Å². The van der Waals surface area contributed by atoms with Gasteiger partial charge in [0.2, 0.25) is 5.95 Å². The summed E-state index contributed by atoms with van der Waals surface area (Å²) in [7, 11) is 0. The lowest BCUT2D eigenvalue weighted by atomic mass is 9.93. The standard InChI is InChI=1S/C16H18N4O2/c17-15-18-9-12-8-13(6-7-14(12)20-15)19-16(21)22-10-11-4-2-1-3-5-11/h1-5,9,13H,6-8,10H2,(H,19,21)(H2,17,18,20). The normalized spacial score (nSPS) is 16.6. The molecule has 2 aromatic rings. The number of carbonyl (C=O) groups excluding carboxylic acids is 1. The molecule has 114 valence electrons. The molecular formula is C16H18N4O2. The van der Waals surface area contributed by atoms with Crippen molar-refractivity contribution in [3.63, 3.8) is 0 Å². The Balaban J connectivity index is 1.51. The maximum absolute atomic E-state index is 11.9. The number of hydrogen-bond donors (Lipinski definition) is 2.